The van der Waals surface area contributed by atoms with Crippen LogP contribution in [0, 0.1) is 5.92 Å². The van der Waals surface area contributed by atoms with E-state index in [1.54, 1.807) is 0 Å². The van der Waals surface area contributed by atoms with E-state index in [9.17, 15) is 8.42 Å². The predicted molar refractivity (Wildman–Crippen MR) is 62.0 cm³/mol. The van der Waals surface area contributed by atoms with Gasteiger partial charge in [-0.25, -0.2) is 13.6 Å². The largest absolute Gasteiger partial charge is 0.306 e. The fourth-order valence-corrected chi connectivity index (χ4v) is 2.79. The molecule has 1 rings (SSSR count). The summed E-state index contributed by atoms with van der Waals surface area (Å²) in [6.07, 6.45) is 6.02. The summed E-state index contributed by atoms with van der Waals surface area (Å²) < 4.78 is 21.4. The number of sulfonamides is 1. The molecule has 0 aliphatic heterocycles. The highest BCUT2D eigenvalue weighted by Gasteiger charge is 2.16. The highest BCUT2D eigenvalue weighted by molar-refractivity contribution is 7.89. The van der Waals surface area contributed by atoms with Gasteiger partial charge in [-0.2, -0.15) is 0 Å². The van der Waals surface area contributed by atoms with Gasteiger partial charge in [0.1, 0.15) is 0 Å². The Hall–Kier alpha value is -0.130. The summed E-state index contributed by atoms with van der Waals surface area (Å²) in [5, 5.41) is 4.94. The van der Waals surface area contributed by atoms with Crippen LogP contribution in [0.25, 0.3) is 0 Å². The van der Waals surface area contributed by atoms with Crippen molar-refractivity contribution in [1.82, 2.24) is 4.90 Å². The van der Waals surface area contributed by atoms with Crippen molar-refractivity contribution in [3.63, 3.8) is 0 Å². The first-order valence-corrected chi connectivity index (χ1v) is 7.38. The number of nitrogens with zero attached hydrogens (tertiary/aromatic N) is 1. The lowest BCUT2D eigenvalue weighted by atomic mass is 10.1. The van der Waals surface area contributed by atoms with E-state index in [0.29, 0.717) is 6.42 Å². The van der Waals surface area contributed by atoms with Gasteiger partial charge >= 0.3 is 0 Å². The summed E-state index contributed by atoms with van der Waals surface area (Å²) in [7, 11) is -1.22. The first-order chi connectivity index (χ1) is 6.97. The molecule has 0 bridgehead atoms. The molecular formula is C10H22N2O2S. The van der Waals surface area contributed by atoms with E-state index < -0.39 is 10.0 Å². The van der Waals surface area contributed by atoms with E-state index in [0.717, 1.165) is 19.0 Å². The number of nitrogens with two attached hydrogens (primary N) is 1. The Morgan fingerprint density at radius 2 is 1.93 bits per heavy atom. The minimum absolute atomic E-state index is 0.0992. The quantitative estimate of drug-likeness (QED) is 0.739. The third kappa shape index (κ3) is 6.12. The molecule has 15 heavy (non-hydrogen) atoms. The summed E-state index contributed by atoms with van der Waals surface area (Å²) in [6, 6.07) is 0. The normalized spacial score (nSPS) is 18.9. The Kier molecular flexibility index (Phi) is 5.02. The van der Waals surface area contributed by atoms with E-state index in [1.165, 1.54) is 25.7 Å². The van der Waals surface area contributed by atoms with Crippen molar-refractivity contribution in [1.29, 1.82) is 0 Å². The zero-order valence-electron chi connectivity index (χ0n) is 9.48. The van der Waals surface area contributed by atoms with Gasteiger partial charge in [0.15, 0.2) is 0 Å². The van der Waals surface area contributed by atoms with Crippen molar-refractivity contribution in [2.75, 3.05) is 25.9 Å². The Labute approximate surface area is 92.9 Å². The predicted octanol–water partition coefficient (Wildman–Crippen LogP) is 0.787. The second-order valence-corrected chi connectivity index (χ2v) is 6.37. The van der Waals surface area contributed by atoms with Gasteiger partial charge in [0.2, 0.25) is 10.0 Å². The third-order valence-corrected chi connectivity index (χ3v) is 3.87. The smallest absolute Gasteiger partial charge is 0.209 e. The molecule has 0 spiro atoms. The summed E-state index contributed by atoms with van der Waals surface area (Å²) in [5.74, 6) is 0.923. The highest BCUT2D eigenvalue weighted by Crippen LogP contribution is 2.25. The molecular weight excluding hydrogens is 212 g/mol. The molecule has 0 heterocycles. The maximum atomic E-state index is 10.7. The van der Waals surface area contributed by atoms with Crippen LogP contribution in [-0.4, -0.2) is 39.2 Å². The highest BCUT2D eigenvalue weighted by atomic mass is 32.2. The molecule has 1 aliphatic carbocycles. The van der Waals surface area contributed by atoms with Crippen molar-refractivity contribution < 1.29 is 8.42 Å². The van der Waals surface area contributed by atoms with Gasteiger partial charge in [-0.3, -0.25) is 0 Å². The standard InChI is InChI=1S/C10H22N2O2S/c1-12(7-4-8-15(11,13)14)9-10-5-2-3-6-10/h10H,2-9H2,1H3,(H2,11,13,14). The molecule has 0 radical (unpaired) electrons. The van der Waals surface area contributed by atoms with Crippen LogP contribution in [0.3, 0.4) is 0 Å². The van der Waals surface area contributed by atoms with E-state index in [4.69, 9.17) is 5.14 Å². The Morgan fingerprint density at radius 3 is 2.47 bits per heavy atom. The van der Waals surface area contributed by atoms with Gasteiger partial charge in [0.25, 0.3) is 0 Å². The average molecular weight is 234 g/mol. The zero-order chi connectivity index (χ0) is 11.3. The Morgan fingerprint density at radius 1 is 1.33 bits per heavy atom. The summed E-state index contributed by atoms with van der Waals surface area (Å²) >= 11 is 0. The fraction of sp³-hybridized carbons (Fsp3) is 1.00. The van der Waals surface area contributed by atoms with Crippen molar-refractivity contribution >= 4 is 10.0 Å². The van der Waals surface area contributed by atoms with Crippen molar-refractivity contribution in [2.24, 2.45) is 11.1 Å². The minimum atomic E-state index is -3.27. The lowest BCUT2D eigenvalue weighted by Crippen LogP contribution is -2.28. The van der Waals surface area contributed by atoms with Crippen LogP contribution >= 0.6 is 0 Å². The van der Waals surface area contributed by atoms with E-state index in [1.807, 2.05) is 0 Å². The number of hydrogen-bond donors (Lipinski definition) is 1. The SMILES string of the molecule is CN(CCCS(N)(=O)=O)CC1CCCC1. The van der Waals surface area contributed by atoms with Crippen molar-refractivity contribution in [3.8, 4) is 0 Å². The molecule has 0 atom stereocenters. The molecule has 0 unspecified atom stereocenters. The lowest BCUT2D eigenvalue weighted by molar-refractivity contribution is 0.279. The van der Waals surface area contributed by atoms with Crippen molar-refractivity contribution in [3.05, 3.63) is 0 Å². The lowest BCUT2D eigenvalue weighted by Gasteiger charge is -2.20. The van der Waals surface area contributed by atoms with E-state index in [2.05, 4.69) is 11.9 Å². The molecule has 0 aromatic heterocycles. The van der Waals surface area contributed by atoms with Crippen LogP contribution in [-0.2, 0) is 10.0 Å². The summed E-state index contributed by atoms with van der Waals surface area (Å²) in [4.78, 5) is 2.22. The van der Waals surface area contributed by atoms with Crippen LogP contribution in [0.2, 0.25) is 0 Å². The first-order valence-electron chi connectivity index (χ1n) is 5.66. The molecule has 1 aliphatic rings. The zero-order valence-corrected chi connectivity index (χ0v) is 10.3. The van der Waals surface area contributed by atoms with Gasteiger partial charge in [-0.1, -0.05) is 12.8 Å². The van der Waals surface area contributed by atoms with Crippen LogP contribution in [0.4, 0.5) is 0 Å². The van der Waals surface area contributed by atoms with Crippen LogP contribution in [0.15, 0.2) is 0 Å². The molecule has 1 fully saturated rings. The minimum Gasteiger partial charge on any atom is -0.306 e. The summed E-state index contributed by atoms with van der Waals surface area (Å²) in [5.41, 5.74) is 0. The van der Waals surface area contributed by atoms with E-state index in [-0.39, 0.29) is 5.75 Å². The Bertz CT molecular complexity index is 271. The molecule has 5 heteroatoms. The molecule has 2 N–H and O–H groups in total. The first kappa shape index (κ1) is 12.9. The van der Waals surface area contributed by atoms with Gasteiger partial charge in [0.05, 0.1) is 5.75 Å². The maximum absolute atomic E-state index is 10.7. The van der Waals surface area contributed by atoms with Crippen LogP contribution in [0.5, 0.6) is 0 Å². The fourth-order valence-electron chi connectivity index (χ4n) is 2.26. The molecule has 1 saturated carbocycles. The number of hydrogen-bond acceptors (Lipinski definition) is 3. The monoisotopic (exact) mass is 234 g/mol. The molecule has 0 aromatic carbocycles. The van der Waals surface area contributed by atoms with Crippen LogP contribution < -0.4 is 5.14 Å². The molecule has 0 aromatic rings. The molecule has 90 valence electrons. The molecule has 0 amide bonds. The second-order valence-electron chi connectivity index (χ2n) is 4.63. The third-order valence-electron chi connectivity index (χ3n) is 3.01. The van der Waals surface area contributed by atoms with Gasteiger partial charge < -0.3 is 4.90 Å². The second kappa shape index (κ2) is 5.82. The number of primary sulfonamides is 1. The summed E-state index contributed by atoms with van der Waals surface area (Å²) in [6.45, 7) is 1.93. The van der Waals surface area contributed by atoms with Gasteiger partial charge in [-0.15, -0.1) is 0 Å². The van der Waals surface area contributed by atoms with E-state index >= 15 is 0 Å². The van der Waals surface area contributed by atoms with Gasteiger partial charge in [-0.05, 0) is 38.8 Å². The van der Waals surface area contributed by atoms with Gasteiger partial charge in [0, 0.05) is 6.54 Å². The number of rotatable bonds is 6. The Balaban J connectivity index is 2.10. The molecule has 4 nitrogen and oxygen atoms in total. The maximum Gasteiger partial charge on any atom is 0.209 e. The van der Waals surface area contributed by atoms with Crippen LogP contribution in [0.1, 0.15) is 32.1 Å². The average Bonchev–Trinajstić information content (AvgIpc) is 2.54. The van der Waals surface area contributed by atoms with Crippen molar-refractivity contribution in [2.45, 2.75) is 32.1 Å². The topological polar surface area (TPSA) is 63.4 Å². The molecule has 0 saturated heterocycles.